The van der Waals surface area contributed by atoms with Crippen molar-refractivity contribution in [3.05, 3.63) is 52.5 Å². The number of halogens is 3. The maximum Gasteiger partial charge on any atom is 0.405 e. The van der Waals surface area contributed by atoms with Gasteiger partial charge in [0.05, 0.1) is 11.0 Å². The Morgan fingerprint density at radius 2 is 1.94 bits per heavy atom. The van der Waals surface area contributed by atoms with E-state index in [1.165, 1.54) is 17.9 Å². The summed E-state index contributed by atoms with van der Waals surface area (Å²) in [4.78, 5) is 44.6. The van der Waals surface area contributed by atoms with Crippen molar-refractivity contribution in [2.75, 3.05) is 24.5 Å². The molecule has 1 fully saturated rings. The third-order valence-corrected chi connectivity index (χ3v) is 6.40. The summed E-state index contributed by atoms with van der Waals surface area (Å²) in [7, 11) is 1.52. The van der Waals surface area contributed by atoms with Gasteiger partial charge in [-0.2, -0.15) is 13.2 Å². The van der Waals surface area contributed by atoms with Gasteiger partial charge in [-0.25, -0.2) is 15.0 Å². The van der Waals surface area contributed by atoms with E-state index < -0.39 is 18.6 Å². The van der Waals surface area contributed by atoms with Crippen molar-refractivity contribution in [3.8, 4) is 0 Å². The normalized spacial score (nSPS) is 15.1. The highest BCUT2D eigenvalue weighted by atomic mass is 19.4. The van der Waals surface area contributed by atoms with Crippen LogP contribution >= 0.6 is 0 Å². The molecule has 0 spiro atoms. The zero-order valence-electron chi connectivity index (χ0n) is 19.6. The summed E-state index contributed by atoms with van der Waals surface area (Å²) in [5, 5.41) is 1.84. The highest BCUT2D eigenvalue weighted by Gasteiger charge is 2.30. The van der Waals surface area contributed by atoms with Gasteiger partial charge in [0.15, 0.2) is 17.0 Å². The van der Waals surface area contributed by atoms with Crippen molar-refractivity contribution in [3.63, 3.8) is 0 Å². The van der Waals surface area contributed by atoms with Crippen molar-refractivity contribution in [2.45, 2.75) is 32.0 Å². The van der Waals surface area contributed by atoms with Gasteiger partial charge < -0.3 is 19.4 Å². The Bertz CT molecular complexity index is 1520. The van der Waals surface area contributed by atoms with E-state index in [1.807, 2.05) is 26.9 Å². The number of nitrogens with one attached hydrogen (secondary N) is 1. The van der Waals surface area contributed by atoms with Crippen molar-refractivity contribution in [2.24, 2.45) is 7.05 Å². The smallest absolute Gasteiger partial charge is 0.355 e. The number of amides is 1. The second-order valence-electron chi connectivity index (χ2n) is 8.79. The summed E-state index contributed by atoms with van der Waals surface area (Å²) in [5.74, 6) is -0.639. The number of nitrogens with zero attached hydrogens (tertiary/aromatic N) is 7. The molecule has 0 saturated carbocycles. The number of anilines is 1. The summed E-state index contributed by atoms with van der Waals surface area (Å²) in [6.07, 6.45) is -0.178. The van der Waals surface area contributed by atoms with Gasteiger partial charge in [-0.15, -0.1) is 0 Å². The molecular weight excluding hydrogens is 477 g/mol. The summed E-state index contributed by atoms with van der Waals surface area (Å²) in [6.45, 7) is 1.45. The van der Waals surface area contributed by atoms with Crippen LogP contribution in [0.15, 0.2) is 35.5 Å². The highest BCUT2D eigenvalue weighted by Crippen LogP contribution is 2.30. The Hall–Kier alpha value is -4.03. The van der Waals surface area contributed by atoms with Gasteiger partial charge in [0, 0.05) is 37.9 Å². The predicted molar refractivity (Wildman–Crippen MR) is 126 cm³/mol. The molecule has 1 saturated heterocycles. The lowest BCUT2D eigenvalue weighted by atomic mass is 10.0. The maximum atomic E-state index is 13.0. The molecule has 0 unspecified atom stereocenters. The number of pyridine rings is 2. The molecule has 1 aliphatic rings. The quantitative estimate of drug-likeness (QED) is 0.458. The largest absolute Gasteiger partial charge is 0.405 e. The average Bonchev–Trinajstić information content (AvgIpc) is 3.20. The molecule has 1 amide bonds. The summed E-state index contributed by atoms with van der Waals surface area (Å²) >= 11 is 0. The molecule has 0 aliphatic carbocycles. The molecule has 36 heavy (non-hydrogen) atoms. The van der Waals surface area contributed by atoms with E-state index in [4.69, 9.17) is 0 Å². The topological polar surface area (TPSA) is 111 Å². The van der Waals surface area contributed by atoms with Crippen molar-refractivity contribution >= 4 is 33.9 Å². The van der Waals surface area contributed by atoms with Crippen LogP contribution in [0.3, 0.4) is 0 Å². The molecule has 0 radical (unpaired) electrons. The average molecular weight is 500 g/mol. The number of piperidine rings is 1. The molecule has 5 heterocycles. The number of hydrogen-bond donors (Lipinski definition) is 1. The number of aromatic nitrogens is 6. The fourth-order valence-electron chi connectivity index (χ4n) is 4.67. The molecule has 5 rings (SSSR count). The summed E-state index contributed by atoms with van der Waals surface area (Å²) in [5.41, 5.74) is 2.81. The molecule has 4 aromatic heterocycles. The number of alkyl halides is 3. The Morgan fingerprint density at radius 3 is 2.67 bits per heavy atom. The monoisotopic (exact) mass is 500 g/mol. The van der Waals surface area contributed by atoms with E-state index in [9.17, 15) is 22.8 Å². The first-order valence-electron chi connectivity index (χ1n) is 11.4. The van der Waals surface area contributed by atoms with Gasteiger partial charge in [0.1, 0.15) is 12.9 Å². The van der Waals surface area contributed by atoms with Crippen LogP contribution in [0.1, 0.15) is 35.1 Å². The number of carbonyl (C=O) groups is 1. The van der Waals surface area contributed by atoms with Gasteiger partial charge in [0.25, 0.3) is 11.5 Å². The van der Waals surface area contributed by atoms with Crippen LogP contribution in [0.4, 0.5) is 19.0 Å². The fourth-order valence-corrected chi connectivity index (χ4v) is 4.67. The zero-order valence-corrected chi connectivity index (χ0v) is 19.6. The van der Waals surface area contributed by atoms with E-state index in [-0.39, 0.29) is 17.4 Å². The molecule has 10 nitrogen and oxygen atoms in total. The molecular formula is C23H23F3N8O2. The first-order chi connectivity index (χ1) is 17.1. The lowest BCUT2D eigenvalue weighted by Gasteiger charge is -2.34. The third-order valence-electron chi connectivity index (χ3n) is 6.40. The minimum atomic E-state index is -4.53. The SMILES string of the molecule is Cc1cc2ncccc2n(C2CCN(c3ncnc4c3nc(C(=O)NCC(F)(F)F)n4C)CC2)c1=O. The number of imidazole rings is 1. The minimum Gasteiger partial charge on any atom is -0.355 e. The number of hydrogen-bond acceptors (Lipinski definition) is 7. The van der Waals surface area contributed by atoms with Crippen LogP contribution < -0.4 is 15.8 Å². The number of rotatable bonds is 4. The minimum absolute atomic E-state index is 0.0369. The van der Waals surface area contributed by atoms with Gasteiger partial charge >= 0.3 is 6.18 Å². The van der Waals surface area contributed by atoms with Crippen molar-refractivity contribution in [1.29, 1.82) is 0 Å². The van der Waals surface area contributed by atoms with Crippen LogP contribution in [-0.2, 0) is 7.05 Å². The van der Waals surface area contributed by atoms with E-state index in [0.29, 0.717) is 48.5 Å². The van der Waals surface area contributed by atoms with E-state index in [2.05, 4.69) is 19.9 Å². The van der Waals surface area contributed by atoms with Gasteiger partial charge in [0.2, 0.25) is 5.82 Å². The van der Waals surface area contributed by atoms with Gasteiger partial charge in [-0.3, -0.25) is 14.6 Å². The van der Waals surface area contributed by atoms with Crippen LogP contribution in [-0.4, -0.2) is 60.8 Å². The fraction of sp³-hybridized carbons (Fsp3) is 0.391. The van der Waals surface area contributed by atoms with Gasteiger partial charge in [-0.05, 0) is 38.0 Å². The number of fused-ring (bicyclic) bond motifs is 2. The van der Waals surface area contributed by atoms with E-state index >= 15 is 0 Å². The van der Waals surface area contributed by atoms with Crippen LogP contribution in [0.25, 0.3) is 22.2 Å². The Morgan fingerprint density at radius 1 is 1.19 bits per heavy atom. The highest BCUT2D eigenvalue weighted by molar-refractivity contribution is 5.96. The Labute approximate surface area is 202 Å². The summed E-state index contributed by atoms with van der Waals surface area (Å²) in [6, 6.07) is 5.46. The van der Waals surface area contributed by atoms with Crippen LogP contribution in [0, 0.1) is 6.92 Å². The second kappa shape index (κ2) is 8.88. The van der Waals surface area contributed by atoms with E-state index in [0.717, 1.165) is 11.0 Å². The zero-order chi connectivity index (χ0) is 25.6. The molecule has 1 aliphatic heterocycles. The molecule has 1 N–H and O–H groups in total. The Balaban J connectivity index is 1.41. The Kier molecular flexibility index (Phi) is 5.85. The van der Waals surface area contributed by atoms with Crippen LogP contribution in [0.2, 0.25) is 0 Å². The molecule has 0 atom stereocenters. The lowest BCUT2D eigenvalue weighted by molar-refractivity contribution is -0.123. The van der Waals surface area contributed by atoms with Crippen LogP contribution in [0.5, 0.6) is 0 Å². The standard InChI is InChI=1S/C23H23F3N8O2/c1-13-10-15-16(4-3-7-27-15)34(22(13)36)14-5-8-33(9-6-14)19-17-18(29-12-30-19)32(2)20(31-17)21(35)28-11-23(24,25)26/h3-4,7,10,12,14H,5-6,8-9,11H2,1-2H3,(H,28,35). The number of carbonyl (C=O) groups excluding carboxylic acids is 1. The van der Waals surface area contributed by atoms with Crippen molar-refractivity contribution < 1.29 is 18.0 Å². The molecule has 0 aromatic carbocycles. The molecule has 4 aromatic rings. The molecule has 13 heteroatoms. The predicted octanol–water partition coefficient (Wildman–Crippen LogP) is 2.52. The first-order valence-corrected chi connectivity index (χ1v) is 11.4. The van der Waals surface area contributed by atoms with Gasteiger partial charge in [-0.1, -0.05) is 0 Å². The van der Waals surface area contributed by atoms with E-state index in [1.54, 1.807) is 19.2 Å². The molecule has 0 bridgehead atoms. The lowest BCUT2D eigenvalue weighted by Crippen LogP contribution is -2.38. The maximum absolute atomic E-state index is 13.0. The van der Waals surface area contributed by atoms with Crippen molar-refractivity contribution in [1.82, 2.24) is 34.4 Å². The third kappa shape index (κ3) is 4.25. The summed E-state index contributed by atoms with van der Waals surface area (Å²) < 4.78 is 40.8. The number of aryl methyl sites for hydroxylation is 2. The molecule has 188 valence electrons. The first kappa shape index (κ1) is 23.7. The second-order valence-corrected chi connectivity index (χ2v) is 8.79.